The number of ketones is 1. The molecule has 0 N–H and O–H groups in total. The van der Waals surface area contributed by atoms with E-state index in [1.165, 1.54) is 29.5 Å². The number of nitro benzene ring substituents is 1. The minimum Gasteiger partial charge on any atom is -0.369 e. The summed E-state index contributed by atoms with van der Waals surface area (Å²) in [4.78, 5) is 26.1. The lowest BCUT2D eigenvalue weighted by atomic mass is 9.95. The van der Waals surface area contributed by atoms with E-state index >= 15 is 0 Å². The summed E-state index contributed by atoms with van der Waals surface area (Å²) in [7, 11) is 3.60. The highest BCUT2D eigenvalue weighted by molar-refractivity contribution is 7.17. The average Bonchev–Trinajstić information content (AvgIpc) is 3.08. The molecule has 1 heterocycles. The molecule has 0 amide bonds. The number of thiophene rings is 1. The molecule has 1 aromatic heterocycles. The van der Waals surface area contributed by atoms with Gasteiger partial charge in [0.1, 0.15) is 15.9 Å². The zero-order chi connectivity index (χ0) is 19.6. The molecule has 0 saturated carbocycles. The van der Waals surface area contributed by atoms with Crippen LogP contribution < -0.4 is 4.90 Å². The molecule has 0 fully saturated rings. The summed E-state index contributed by atoms with van der Waals surface area (Å²) in [5.74, 6) is -0.348. The van der Waals surface area contributed by atoms with Crippen molar-refractivity contribution < 1.29 is 9.72 Å². The Kier molecular flexibility index (Phi) is 5.01. The smallest absolute Gasteiger partial charge is 0.270 e. The normalized spacial score (nSPS) is 10.3. The number of hydrogen-bond acceptors (Lipinski definition) is 6. The maximum Gasteiger partial charge on any atom is 0.270 e. The Morgan fingerprint density at radius 2 is 1.85 bits per heavy atom. The van der Waals surface area contributed by atoms with Gasteiger partial charge in [0.15, 0.2) is 5.78 Å². The second kappa shape index (κ2) is 7.40. The van der Waals surface area contributed by atoms with Crippen LogP contribution in [0.1, 0.15) is 20.8 Å². The first kappa shape index (κ1) is 18.3. The van der Waals surface area contributed by atoms with Crippen molar-refractivity contribution in [2.75, 3.05) is 19.0 Å². The fraction of sp³-hybridized carbons (Fsp3) is 0.100. The van der Waals surface area contributed by atoms with Crippen molar-refractivity contribution in [3.05, 3.63) is 80.7 Å². The van der Waals surface area contributed by atoms with Crippen molar-refractivity contribution in [1.29, 1.82) is 5.26 Å². The lowest BCUT2D eigenvalue weighted by molar-refractivity contribution is -0.384. The Morgan fingerprint density at radius 3 is 2.44 bits per heavy atom. The van der Waals surface area contributed by atoms with Gasteiger partial charge in [0.25, 0.3) is 5.69 Å². The van der Waals surface area contributed by atoms with Gasteiger partial charge >= 0.3 is 0 Å². The monoisotopic (exact) mass is 377 g/mol. The van der Waals surface area contributed by atoms with Gasteiger partial charge in [-0.2, -0.15) is 5.26 Å². The first-order chi connectivity index (χ1) is 12.9. The summed E-state index contributed by atoms with van der Waals surface area (Å²) in [6, 6.07) is 17.0. The third kappa shape index (κ3) is 3.43. The molecule has 0 unspecified atom stereocenters. The summed E-state index contributed by atoms with van der Waals surface area (Å²) in [5.41, 5.74) is 1.76. The number of nitriles is 1. The van der Waals surface area contributed by atoms with Crippen LogP contribution in [0.25, 0.3) is 11.1 Å². The Bertz CT molecular complexity index is 1070. The zero-order valence-corrected chi connectivity index (χ0v) is 15.5. The van der Waals surface area contributed by atoms with Crippen molar-refractivity contribution >= 4 is 27.8 Å². The number of non-ortho nitro benzene ring substituents is 1. The highest BCUT2D eigenvalue weighted by Gasteiger charge is 2.27. The topological polar surface area (TPSA) is 87.2 Å². The van der Waals surface area contributed by atoms with Crippen LogP contribution in [-0.2, 0) is 0 Å². The van der Waals surface area contributed by atoms with Crippen LogP contribution in [0, 0.1) is 21.4 Å². The molecule has 0 saturated heterocycles. The third-order valence-electron chi connectivity index (χ3n) is 4.01. The SMILES string of the molecule is CN(C)c1sc(C#N)c(-c2ccccc2)c1C(=O)c1cccc([N+](=O)[O-])c1. The first-order valence-electron chi connectivity index (χ1n) is 8.02. The van der Waals surface area contributed by atoms with Gasteiger partial charge < -0.3 is 4.90 Å². The van der Waals surface area contributed by atoms with Gasteiger partial charge in [0.05, 0.1) is 10.5 Å². The van der Waals surface area contributed by atoms with E-state index in [2.05, 4.69) is 6.07 Å². The summed E-state index contributed by atoms with van der Waals surface area (Å²) in [6.07, 6.45) is 0. The fourth-order valence-corrected chi connectivity index (χ4v) is 3.85. The molecule has 0 aliphatic carbocycles. The minimum absolute atomic E-state index is 0.149. The molecule has 0 aliphatic heterocycles. The van der Waals surface area contributed by atoms with E-state index in [0.29, 0.717) is 21.0 Å². The quantitative estimate of drug-likeness (QED) is 0.371. The molecule has 6 nitrogen and oxygen atoms in total. The fourth-order valence-electron chi connectivity index (χ4n) is 2.81. The van der Waals surface area contributed by atoms with Crippen LogP contribution in [-0.4, -0.2) is 24.8 Å². The summed E-state index contributed by atoms with van der Waals surface area (Å²) < 4.78 is 0. The van der Waals surface area contributed by atoms with Crippen LogP contribution in [0.4, 0.5) is 10.7 Å². The van der Waals surface area contributed by atoms with Crippen molar-refractivity contribution in [3.63, 3.8) is 0 Å². The van der Waals surface area contributed by atoms with Gasteiger partial charge in [0.2, 0.25) is 0 Å². The van der Waals surface area contributed by atoms with Crippen molar-refractivity contribution in [3.8, 4) is 17.2 Å². The number of anilines is 1. The molecule has 3 rings (SSSR count). The Hall–Kier alpha value is -3.50. The highest BCUT2D eigenvalue weighted by atomic mass is 32.1. The van der Waals surface area contributed by atoms with Gasteiger partial charge in [-0.05, 0) is 5.56 Å². The number of rotatable bonds is 5. The first-order valence-corrected chi connectivity index (χ1v) is 8.84. The van der Waals surface area contributed by atoms with Gasteiger partial charge in [0, 0.05) is 37.4 Å². The van der Waals surface area contributed by atoms with Gasteiger partial charge in [-0.25, -0.2) is 0 Å². The molecule has 7 heteroatoms. The Labute approximate surface area is 160 Å². The molecule has 0 radical (unpaired) electrons. The zero-order valence-electron chi connectivity index (χ0n) is 14.7. The number of nitro groups is 1. The Balaban J connectivity index is 2.27. The lowest BCUT2D eigenvalue weighted by Crippen LogP contribution is -2.13. The number of hydrogen-bond donors (Lipinski definition) is 0. The number of carbonyl (C=O) groups is 1. The van der Waals surface area contributed by atoms with E-state index in [9.17, 15) is 20.2 Å². The van der Waals surface area contributed by atoms with Crippen molar-refractivity contribution in [2.45, 2.75) is 0 Å². The standard InChI is InChI=1S/C20H15N3O3S/c1-22(2)20-18(19(24)14-9-6-10-15(11-14)23(25)26)17(16(12-21)27-20)13-7-4-3-5-8-13/h3-11H,1-2H3. The van der Waals surface area contributed by atoms with Crippen molar-refractivity contribution in [1.82, 2.24) is 0 Å². The lowest BCUT2D eigenvalue weighted by Gasteiger charge is -2.13. The molecule has 134 valence electrons. The maximum absolute atomic E-state index is 13.3. The molecule has 0 aliphatic rings. The molecule has 0 atom stereocenters. The molecule has 0 bridgehead atoms. The van der Waals surface area contributed by atoms with Crippen LogP contribution >= 0.6 is 11.3 Å². The molecule has 0 spiro atoms. The van der Waals surface area contributed by atoms with E-state index in [1.54, 1.807) is 25.1 Å². The highest BCUT2D eigenvalue weighted by Crippen LogP contribution is 2.42. The molecular weight excluding hydrogens is 362 g/mol. The van der Waals surface area contributed by atoms with Crippen LogP contribution in [0.15, 0.2) is 54.6 Å². The predicted octanol–water partition coefficient (Wildman–Crippen LogP) is 4.49. The number of carbonyl (C=O) groups excluding carboxylic acids is 1. The molecular formula is C20H15N3O3S. The van der Waals surface area contributed by atoms with E-state index in [0.717, 1.165) is 5.56 Å². The molecule has 2 aromatic carbocycles. The van der Waals surface area contributed by atoms with E-state index < -0.39 is 4.92 Å². The Morgan fingerprint density at radius 1 is 1.15 bits per heavy atom. The van der Waals surface area contributed by atoms with Gasteiger partial charge in [-0.1, -0.05) is 42.5 Å². The second-order valence-electron chi connectivity index (χ2n) is 6.00. The summed E-state index contributed by atoms with van der Waals surface area (Å²) >= 11 is 1.23. The van der Waals surface area contributed by atoms with E-state index in [4.69, 9.17) is 0 Å². The number of nitrogens with zero attached hydrogens (tertiary/aromatic N) is 3. The van der Waals surface area contributed by atoms with Crippen LogP contribution in [0.5, 0.6) is 0 Å². The van der Waals surface area contributed by atoms with Gasteiger partial charge in [-0.15, -0.1) is 11.3 Å². The maximum atomic E-state index is 13.3. The van der Waals surface area contributed by atoms with E-state index in [1.807, 2.05) is 30.3 Å². The van der Waals surface area contributed by atoms with Crippen LogP contribution in [0.3, 0.4) is 0 Å². The number of benzene rings is 2. The third-order valence-corrected chi connectivity index (χ3v) is 5.27. The predicted molar refractivity (Wildman–Crippen MR) is 105 cm³/mol. The van der Waals surface area contributed by atoms with Crippen LogP contribution in [0.2, 0.25) is 0 Å². The molecule has 27 heavy (non-hydrogen) atoms. The largest absolute Gasteiger partial charge is 0.369 e. The summed E-state index contributed by atoms with van der Waals surface area (Å²) in [6.45, 7) is 0. The summed E-state index contributed by atoms with van der Waals surface area (Å²) in [5, 5.41) is 21.3. The minimum atomic E-state index is -0.532. The van der Waals surface area contributed by atoms with Gasteiger partial charge in [-0.3, -0.25) is 14.9 Å². The average molecular weight is 377 g/mol. The molecule has 3 aromatic rings. The second-order valence-corrected chi connectivity index (χ2v) is 6.99. The van der Waals surface area contributed by atoms with E-state index in [-0.39, 0.29) is 17.0 Å². The van der Waals surface area contributed by atoms with Crippen molar-refractivity contribution in [2.24, 2.45) is 0 Å².